The predicted octanol–water partition coefficient (Wildman–Crippen LogP) is 6.23. The van der Waals surface area contributed by atoms with Crippen LogP contribution in [0.5, 0.6) is 11.5 Å². The van der Waals surface area contributed by atoms with E-state index in [1.165, 1.54) is 16.0 Å². The second-order valence-corrected chi connectivity index (χ2v) is 7.61. The van der Waals surface area contributed by atoms with Crippen molar-refractivity contribution in [2.24, 2.45) is 0 Å². The molecule has 0 saturated heterocycles. The SMILES string of the molecule is CCOC(=O)N(C)CCOc1ccc(/C(=C(/CC)c2ccccc2)c2ccc(O)cc2)cc1. The minimum atomic E-state index is -0.354. The Morgan fingerprint density at radius 1 is 0.848 bits per heavy atom. The Hall–Kier alpha value is -3.73. The number of carbonyl (C=O) groups is 1. The maximum absolute atomic E-state index is 11.7. The van der Waals surface area contributed by atoms with E-state index in [9.17, 15) is 9.90 Å². The number of phenols is 1. The number of likely N-dealkylation sites (N-methyl/N-ethyl adjacent to an activating group) is 1. The zero-order valence-electron chi connectivity index (χ0n) is 19.5. The Morgan fingerprint density at radius 3 is 2.03 bits per heavy atom. The first-order valence-corrected chi connectivity index (χ1v) is 11.2. The molecule has 5 heteroatoms. The van der Waals surface area contributed by atoms with Crippen molar-refractivity contribution < 1.29 is 19.4 Å². The molecule has 0 aliphatic heterocycles. The molecule has 5 nitrogen and oxygen atoms in total. The molecular formula is C28H31NO4. The van der Waals surface area contributed by atoms with Gasteiger partial charge in [-0.3, -0.25) is 0 Å². The number of aromatic hydroxyl groups is 1. The van der Waals surface area contributed by atoms with E-state index in [1.54, 1.807) is 26.1 Å². The molecule has 0 radical (unpaired) electrons. The van der Waals surface area contributed by atoms with Crippen LogP contribution >= 0.6 is 0 Å². The molecule has 0 atom stereocenters. The van der Waals surface area contributed by atoms with Crippen LogP contribution in [0.25, 0.3) is 11.1 Å². The number of ether oxygens (including phenoxy) is 2. The summed E-state index contributed by atoms with van der Waals surface area (Å²) in [6, 6.07) is 25.6. The summed E-state index contributed by atoms with van der Waals surface area (Å²) < 4.78 is 10.8. The topological polar surface area (TPSA) is 59.0 Å². The summed E-state index contributed by atoms with van der Waals surface area (Å²) in [4.78, 5) is 13.2. The van der Waals surface area contributed by atoms with Crippen molar-refractivity contribution >= 4 is 17.2 Å². The fraction of sp³-hybridized carbons (Fsp3) is 0.250. The van der Waals surface area contributed by atoms with Gasteiger partial charge >= 0.3 is 6.09 Å². The van der Waals surface area contributed by atoms with E-state index in [0.717, 1.165) is 28.9 Å². The molecule has 172 valence electrons. The average Bonchev–Trinajstić information content (AvgIpc) is 2.84. The lowest BCUT2D eigenvalue weighted by Crippen LogP contribution is -2.31. The van der Waals surface area contributed by atoms with E-state index in [-0.39, 0.29) is 11.8 Å². The molecule has 0 spiro atoms. The fourth-order valence-corrected chi connectivity index (χ4v) is 3.65. The zero-order chi connectivity index (χ0) is 23.6. The van der Waals surface area contributed by atoms with Gasteiger partial charge in [-0.25, -0.2) is 4.79 Å². The van der Waals surface area contributed by atoms with Gasteiger partial charge in [-0.1, -0.05) is 61.5 Å². The second kappa shape index (κ2) is 11.8. The van der Waals surface area contributed by atoms with Crippen molar-refractivity contribution in [3.8, 4) is 11.5 Å². The fourth-order valence-electron chi connectivity index (χ4n) is 3.65. The van der Waals surface area contributed by atoms with Crippen molar-refractivity contribution in [1.29, 1.82) is 0 Å². The third kappa shape index (κ3) is 6.39. The zero-order valence-corrected chi connectivity index (χ0v) is 19.5. The molecule has 0 aliphatic carbocycles. The van der Waals surface area contributed by atoms with Gasteiger partial charge in [0.25, 0.3) is 0 Å². The van der Waals surface area contributed by atoms with Gasteiger partial charge in [-0.05, 0) is 65.4 Å². The van der Waals surface area contributed by atoms with Crippen molar-refractivity contribution in [2.45, 2.75) is 20.3 Å². The maximum atomic E-state index is 11.7. The third-order valence-electron chi connectivity index (χ3n) is 5.35. The minimum absolute atomic E-state index is 0.243. The summed E-state index contributed by atoms with van der Waals surface area (Å²) in [7, 11) is 1.69. The summed E-state index contributed by atoms with van der Waals surface area (Å²) in [6.07, 6.45) is 0.506. The van der Waals surface area contributed by atoms with Gasteiger partial charge in [-0.2, -0.15) is 0 Å². The highest BCUT2D eigenvalue weighted by Gasteiger charge is 2.14. The number of amides is 1. The molecule has 1 amide bonds. The summed E-state index contributed by atoms with van der Waals surface area (Å²) >= 11 is 0. The Balaban J connectivity index is 1.85. The monoisotopic (exact) mass is 445 g/mol. The van der Waals surface area contributed by atoms with Crippen LogP contribution in [0.15, 0.2) is 78.9 Å². The predicted molar refractivity (Wildman–Crippen MR) is 132 cm³/mol. The molecule has 0 saturated carbocycles. The van der Waals surface area contributed by atoms with Crippen molar-refractivity contribution in [3.05, 3.63) is 95.6 Å². The van der Waals surface area contributed by atoms with Crippen LogP contribution in [-0.4, -0.2) is 42.9 Å². The largest absolute Gasteiger partial charge is 0.508 e. The lowest BCUT2D eigenvalue weighted by atomic mass is 9.88. The number of allylic oxidation sites excluding steroid dienone is 1. The Bertz CT molecular complexity index is 1060. The highest BCUT2D eigenvalue weighted by atomic mass is 16.6. The molecule has 3 aromatic carbocycles. The summed E-state index contributed by atoms with van der Waals surface area (Å²) in [6.45, 7) is 5.10. The van der Waals surface area contributed by atoms with Crippen LogP contribution in [0.3, 0.4) is 0 Å². The number of carbonyl (C=O) groups excluding carboxylic acids is 1. The minimum Gasteiger partial charge on any atom is -0.508 e. The van der Waals surface area contributed by atoms with Crippen LogP contribution in [0.1, 0.15) is 37.0 Å². The van der Waals surface area contributed by atoms with Crippen molar-refractivity contribution in [3.63, 3.8) is 0 Å². The average molecular weight is 446 g/mol. The Labute approximate surface area is 195 Å². The molecule has 1 N–H and O–H groups in total. The summed E-state index contributed by atoms with van der Waals surface area (Å²) in [5, 5.41) is 9.78. The Morgan fingerprint density at radius 2 is 1.45 bits per heavy atom. The molecule has 0 fully saturated rings. The molecular weight excluding hydrogens is 414 g/mol. The number of benzene rings is 3. The molecule has 0 bridgehead atoms. The Kier molecular flexibility index (Phi) is 8.53. The van der Waals surface area contributed by atoms with E-state index in [0.29, 0.717) is 19.8 Å². The van der Waals surface area contributed by atoms with Crippen molar-refractivity contribution in [1.82, 2.24) is 4.90 Å². The van der Waals surface area contributed by atoms with Gasteiger partial charge in [0, 0.05) is 7.05 Å². The lowest BCUT2D eigenvalue weighted by molar-refractivity contribution is 0.110. The van der Waals surface area contributed by atoms with Crippen LogP contribution in [0.2, 0.25) is 0 Å². The molecule has 0 aliphatic rings. The van der Waals surface area contributed by atoms with Gasteiger partial charge in [-0.15, -0.1) is 0 Å². The number of hydrogen-bond acceptors (Lipinski definition) is 4. The third-order valence-corrected chi connectivity index (χ3v) is 5.35. The standard InChI is InChI=1S/C28H31NO4/c1-4-26(21-9-7-6-8-10-21)27(22-11-15-24(30)16-12-22)23-13-17-25(18-14-23)33-20-19-29(3)28(31)32-5-2/h6-18,30H,4-5,19-20H2,1-3H3/b27-26-. The first-order valence-electron chi connectivity index (χ1n) is 11.2. The number of phenolic OH excluding ortho intramolecular Hbond substituents is 1. The van der Waals surface area contributed by atoms with Crippen molar-refractivity contribution in [2.75, 3.05) is 26.8 Å². The first-order chi connectivity index (χ1) is 16.0. The van der Waals surface area contributed by atoms with E-state index in [4.69, 9.17) is 9.47 Å². The quantitative estimate of drug-likeness (QED) is 0.397. The number of rotatable bonds is 9. The summed E-state index contributed by atoms with van der Waals surface area (Å²) in [5.74, 6) is 0.978. The molecule has 3 rings (SSSR count). The molecule has 3 aromatic rings. The highest BCUT2D eigenvalue weighted by Crippen LogP contribution is 2.35. The molecule has 0 heterocycles. The first kappa shape index (κ1) is 23.9. The van der Waals surface area contributed by atoms with Crippen LogP contribution in [-0.2, 0) is 4.74 Å². The van der Waals surface area contributed by atoms with Crippen LogP contribution in [0, 0.1) is 0 Å². The van der Waals surface area contributed by atoms with Crippen LogP contribution in [0.4, 0.5) is 4.79 Å². The van der Waals surface area contributed by atoms with Gasteiger partial charge in [0.15, 0.2) is 0 Å². The van der Waals surface area contributed by atoms with Gasteiger partial charge < -0.3 is 19.5 Å². The van der Waals surface area contributed by atoms with E-state index in [2.05, 4.69) is 19.1 Å². The van der Waals surface area contributed by atoms with Gasteiger partial charge in [0.1, 0.15) is 18.1 Å². The van der Waals surface area contributed by atoms with Gasteiger partial charge in [0.05, 0.1) is 13.2 Å². The molecule has 0 aromatic heterocycles. The lowest BCUT2D eigenvalue weighted by Gasteiger charge is -2.18. The maximum Gasteiger partial charge on any atom is 0.409 e. The smallest absolute Gasteiger partial charge is 0.409 e. The normalized spacial score (nSPS) is 11.5. The highest BCUT2D eigenvalue weighted by molar-refractivity contribution is 5.98. The van der Waals surface area contributed by atoms with Gasteiger partial charge in [0.2, 0.25) is 0 Å². The molecule has 33 heavy (non-hydrogen) atoms. The number of nitrogens with zero attached hydrogens (tertiary/aromatic N) is 1. The summed E-state index contributed by atoms with van der Waals surface area (Å²) in [5.41, 5.74) is 5.63. The second-order valence-electron chi connectivity index (χ2n) is 7.61. The molecule has 0 unspecified atom stereocenters. The van der Waals surface area contributed by atoms with E-state index in [1.807, 2.05) is 54.6 Å². The van der Waals surface area contributed by atoms with E-state index >= 15 is 0 Å². The number of hydrogen-bond donors (Lipinski definition) is 1. The van der Waals surface area contributed by atoms with E-state index < -0.39 is 0 Å². The van der Waals surface area contributed by atoms with Crippen LogP contribution < -0.4 is 4.74 Å².